The van der Waals surface area contributed by atoms with Crippen molar-refractivity contribution >= 4 is 21.8 Å². The zero-order valence-corrected chi connectivity index (χ0v) is 19.6. The van der Waals surface area contributed by atoms with Crippen molar-refractivity contribution in [2.75, 3.05) is 39.8 Å². The van der Waals surface area contributed by atoms with Gasteiger partial charge >= 0.3 is 0 Å². The Morgan fingerprint density at radius 1 is 0.906 bits per heavy atom. The molecule has 2 aromatic rings. The Bertz CT molecular complexity index is 1140. The summed E-state index contributed by atoms with van der Waals surface area (Å²) >= 11 is 0. The summed E-state index contributed by atoms with van der Waals surface area (Å²) in [5.74, 6) is -1.04. The van der Waals surface area contributed by atoms with Gasteiger partial charge in [-0.05, 0) is 61.7 Å². The van der Waals surface area contributed by atoms with E-state index in [1.54, 1.807) is 41.0 Å². The fourth-order valence-electron chi connectivity index (χ4n) is 3.50. The lowest BCUT2D eigenvalue weighted by atomic mass is 10.1. The Morgan fingerprint density at radius 3 is 2.09 bits per heavy atom. The third-order valence-electron chi connectivity index (χ3n) is 5.88. The van der Waals surface area contributed by atoms with Crippen LogP contribution in [0.15, 0.2) is 41.3 Å². The number of hydrogen-bond donors (Lipinski definition) is 0. The van der Waals surface area contributed by atoms with E-state index >= 15 is 0 Å². The number of likely N-dealkylation sites (N-methyl/N-ethyl adjacent to an activating group) is 1. The Labute approximate surface area is 188 Å². The second kappa shape index (κ2) is 9.38. The fourth-order valence-corrected chi connectivity index (χ4v) is 4.70. The molecule has 0 radical (unpaired) electrons. The van der Waals surface area contributed by atoms with E-state index in [1.807, 2.05) is 13.8 Å². The van der Waals surface area contributed by atoms with E-state index in [9.17, 15) is 22.4 Å². The van der Waals surface area contributed by atoms with Crippen molar-refractivity contribution in [3.63, 3.8) is 0 Å². The summed E-state index contributed by atoms with van der Waals surface area (Å²) in [5.41, 5.74) is 2.59. The number of aryl methyl sites for hydroxylation is 3. The average molecular weight is 462 g/mol. The van der Waals surface area contributed by atoms with Crippen LogP contribution in [0.25, 0.3) is 0 Å². The van der Waals surface area contributed by atoms with Gasteiger partial charge in [-0.3, -0.25) is 9.59 Å². The van der Waals surface area contributed by atoms with Crippen LogP contribution in [0.4, 0.5) is 4.39 Å². The van der Waals surface area contributed by atoms with E-state index < -0.39 is 15.8 Å². The van der Waals surface area contributed by atoms with Gasteiger partial charge in [0.1, 0.15) is 5.82 Å². The van der Waals surface area contributed by atoms with Gasteiger partial charge in [-0.2, -0.15) is 4.31 Å². The number of nitrogens with zero attached hydrogens (tertiary/aromatic N) is 3. The van der Waals surface area contributed by atoms with Crippen LogP contribution in [-0.4, -0.2) is 74.1 Å². The molecule has 0 atom stereocenters. The van der Waals surface area contributed by atoms with Crippen molar-refractivity contribution in [2.45, 2.75) is 25.7 Å². The Balaban J connectivity index is 1.59. The minimum Gasteiger partial charge on any atom is -0.338 e. The molecule has 0 N–H and O–H groups in total. The topological polar surface area (TPSA) is 78.0 Å². The lowest BCUT2D eigenvalue weighted by molar-refractivity contribution is -0.132. The van der Waals surface area contributed by atoms with E-state index in [0.717, 1.165) is 15.4 Å². The zero-order valence-electron chi connectivity index (χ0n) is 18.8. The predicted molar refractivity (Wildman–Crippen MR) is 119 cm³/mol. The molecule has 32 heavy (non-hydrogen) atoms. The molecule has 0 aliphatic carbocycles. The minimum atomic E-state index is -3.79. The van der Waals surface area contributed by atoms with Gasteiger partial charge in [-0.15, -0.1) is 0 Å². The third kappa shape index (κ3) is 4.99. The van der Waals surface area contributed by atoms with Gasteiger partial charge < -0.3 is 9.80 Å². The Kier molecular flexibility index (Phi) is 7.00. The number of hydrogen-bond acceptors (Lipinski definition) is 4. The van der Waals surface area contributed by atoms with Crippen molar-refractivity contribution in [1.82, 2.24) is 14.1 Å². The highest BCUT2D eigenvalue weighted by Gasteiger charge is 2.29. The first-order valence-electron chi connectivity index (χ1n) is 10.4. The number of carbonyl (C=O) groups excluding carboxylic acids is 2. The van der Waals surface area contributed by atoms with Crippen LogP contribution in [0, 0.1) is 26.6 Å². The van der Waals surface area contributed by atoms with Gasteiger partial charge in [0.15, 0.2) is 0 Å². The standard InChI is InChI=1S/C23H28FN3O4S/c1-16-6-8-20(13-18(16)3)32(30,31)25(4)15-22(28)26-9-11-27(12-10-26)23(29)19-7-5-17(2)21(24)14-19/h5-8,13-14H,9-12,15H2,1-4H3. The monoisotopic (exact) mass is 461 g/mol. The van der Waals surface area contributed by atoms with Gasteiger partial charge in [0.2, 0.25) is 15.9 Å². The highest BCUT2D eigenvalue weighted by molar-refractivity contribution is 7.89. The number of halogens is 1. The van der Waals surface area contributed by atoms with Gasteiger partial charge in [0, 0.05) is 38.8 Å². The second-order valence-electron chi connectivity index (χ2n) is 8.14. The SMILES string of the molecule is Cc1ccc(S(=O)(=O)N(C)CC(=O)N2CCN(C(=O)c3ccc(C)c(F)c3)CC2)cc1C. The third-order valence-corrected chi connectivity index (χ3v) is 7.68. The first-order valence-corrected chi connectivity index (χ1v) is 11.8. The average Bonchev–Trinajstić information content (AvgIpc) is 2.77. The number of rotatable bonds is 5. The quantitative estimate of drug-likeness (QED) is 0.685. The number of sulfonamides is 1. The molecule has 0 aromatic heterocycles. The Morgan fingerprint density at radius 2 is 1.50 bits per heavy atom. The van der Waals surface area contributed by atoms with Crippen molar-refractivity contribution < 1.29 is 22.4 Å². The summed E-state index contributed by atoms with van der Waals surface area (Å²) < 4.78 is 40.5. The number of piperazine rings is 1. The number of benzene rings is 2. The lowest BCUT2D eigenvalue weighted by Gasteiger charge is -2.35. The molecule has 172 valence electrons. The van der Waals surface area contributed by atoms with Crippen molar-refractivity contribution in [1.29, 1.82) is 0 Å². The summed E-state index contributed by atoms with van der Waals surface area (Å²) in [6, 6.07) is 9.26. The maximum absolute atomic E-state index is 13.8. The van der Waals surface area contributed by atoms with Crippen LogP contribution < -0.4 is 0 Å². The van der Waals surface area contributed by atoms with Gasteiger partial charge in [0.25, 0.3) is 5.91 Å². The minimum absolute atomic E-state index is 0.150. The first-order chi connectivity index (χ1) is 15.0. The normalized spacial score (nSPS) is 14.7. The summed E-state index contributed by atoms with van der Waals surface area (Å²) in [6.45, 7) is 6.26. The van der Waals surface area contributed by atoms with Crippen LogP contribution in [-0.2, 0) is 14.8 Å². The molecule has 9 heteroatoms. The Hall–Kier alpha value is -2.78. The lowest BCUT2D eigenvalue weighted by Crippen LogP contribution is -2.52. The summed E-state index contributed by atoms with van der Waals surface area (Å²) in [5, 5.41) is 0. The van der Waals surface area contributed by atoms with Crippen molar-refractivity contribution in [3.8, 4) is 0 Å². The second-order valence-corrected chi connectivity index (χ2v) is 10.2. The van der Waals surface area contributed by atoms with E-state index in [4.69, 9.17) is 0 Å². The van der Waals surface area contributed by atoms with Gasteiger partial charge in [-0.25, -0.2) is 12.8 Å². The van der Waals surface area contributed by atoms with Crippen molar-refractivity contribution in [3.05, 3.63) is 64.5 Å². The van der Waals surface area contributed by atoms with Crippen LogP contribution in [0.3, 0.4) is 0 Å². The van der Waals surface area contributed by atoms with Crippen LogP contribution in [0.1, 0.15) is 27.0 Å². The van der Waals surface area contributed by atoms with E-state index in [-0.39, 0.29) is 41.9 Å². The molecule has 2 amide bonds. The molecular weight excluding hydrogens is 433 g/mol. The molecule has 3 rings (SSSR count). The molecule has 1 heterocycles. The van der Waals surface area contributed by atoms with Crippen LogP contribution in [0.5, 0.6) is 0 Å². The number of amides is 2. The van der Waals surface area contributed by atoms with Gasteiger partial charge in [0.05, 0.1) is 11.4 Å². The summed E-state index contributed by atoms with van der Waals surface area (Å²) in [7, 11) is -2.41. The highest BCUT2D eigenvalue weighted by atomic mass is 32.2. The molecule has 0 unspecified atom stereocenters. The van der Waals surface area contributed by atoms with Crippen LogP contribution >= 0.6 is 0 Å². The fraction of sp³-hybridized carbons (Fsp3) is 0.391. The van der Waals surface area contributed by atoms with E-state index in [0.29, 0.717) is 18.7 Å². The first kappa shape index (κ1) is 23.9. The molecule has 2 aromatic carbocycles. The molecular formula is C23H28FN3O4S. The molecule has 0 saturated carbocycles. The largest absolute Gasteiger partial charge is 0.338 e. The number of carbonyl (C=O) groups is 2. The molecule has 0 bridgehead atoms. The molecule has 7 nitrogen and oxygen atoms in total. The zero-order chi connectivity index (χ0) is 23.6. The van der Waals surface area contributed by atoms with Crippen molar-refractivity contribution in [2.24, 2.45) is 0 Å². The predicted octanol–water partition coefficient (Wildman–Crippen LogP) is 2.36. The molecule has 0 spiro atoms. The van der Waals surface area contributed by atoms with Gasteiger partial charge in [-0.1, -0.05) is 12.1 Å². The molecule has 1 saturated heterocycles. The maximum atomic E-state index is 13.8. The van der Waals surface area contributed by atoms with Crippen LogP contribution in [0.2, 0.25) is 0 Å². The maximum Gasteiger partial charge on any atom is 0.254 e. The summed E-state index contributed by atoms with van der Waals surface area (Å²) in [6.07, 6.45) is 0. The smallest absolute Gasteiger partial charge is 0.254 e. The molecule has 1 fully saturated rings. The summed E-state index contributed by atoms with van der Waals surface area (Å²) in [4.78, 5) is 28.6. The van der Waals surface area contributed by atoms with E-state index in [1.165, 1.54) is 19.2 Å². The van der Waals surface area contributed by atoms with E-state index in [2.05, 4.69) is 0 Å². The molecule has 1 aliphatic rings. The molecule has 1 aliphatic heterocycles. The highest BCUT2D eigenvalue weighted by Crippen LogP contribution is 2.19.